The molecule has 2 heterocycles. The fourth-order valence-corrected chi connectivity index (χ4v) is 3.19. The van der Waals surface area contributed by atoms with Crippen LogP contribution in [0, 0.1) is 6.92 Å². The first-order chi connectivity index (χ1) is 12.4. The van der Waals surface area contributed by atoms with Crippen molar-refractivity contribution in [2.45, 2.75) is 38.8 Å². The van der Waals surface area contributed by atoms with Gasteiger partial charge in [-0.25, -0.2) is 4.98 Å². The monoisotopic (exact) mass is 361 g/mol. The Balaban J connectivity index is 1.58. The summed E-state index contributed by atoms with van der Waals surface area (Å²) in [6.07, 6.45) is 4.87. The van der Waals surface area contributed by atoms with E-state index in [1.165, 1.54) is 0 Å². The van der Waals surface area contributed by atoms with Gasteiger partial charge in [-0.3, -0.25) is 19.2 Å². The van der Waals surface area contributed by atoms with Gasteiger partial charge in [0.05, 0.1) is 18.3 Å². The maximum atomic E-state index is 12.5. The lowest BCUT2D eigenvalue weighted by Crippen LogP contribution is -2.54. The molecule has 9 heteroatoms. The fraction of sp³-hybridized carbons (Fsp3) is 0.529. The second-order valence-electron chi connectivity index (χ2n) is 6.58. The van der Waals surface area contributed by atoms with Gasteiger partial charge >= 0.3 is 5.97 Å². The molecule has 2 N–H and O–H groups in total. The number of amides is 1. The minimum atomic E-state index is -0.833. The van der Waals surface area contributed by atoms with E-state index in [0.717, 1.165) is 12.8 Å². The molecule has 0 radical (unpaired) electrons. The predicted molar refractivity (Wildman–Crippen MR) is 92.6 cm³/mol. The number of carbonyl (C=O) groups excluding carboxylic acids is 1. The second-order valence-corrected chi connectivity index (χ2v) is 6.58. The van der Waals surface area contributed by atoms with Gasteiger partial charge in [-0.05, 0) is 26.3 Å². The predicted octanol–water partition coefficient (Wildman–Crippen LogP) is 1.05. The first-order valence-electron chi connectivity index (χ1n) is 8.60. The van der Waals surface area contributed by atoms with E-state index in [1.54, 1.807) is 31.0 Å². The molecule has 0 atom stereocenters. The van der Waals surface area contributed by atoms with E-state index in [4.69, 9.17) is 9.52 Å². The number of nitrogens with zero attached hydrogens (tertiary/aromatic N) is 4. The van der Waals surface area contributed by atoms with E-state index in [0.29, 0.717) is 23.8 Å². The first kappa shape index (κ1) is 18.1. The number of rotatable bonds is 7. The van der Waals surface area contributed by atoms with Crippen molar-refractivity contribution in [1.82, 2.24) is 25.0 Å². The zero-order chi connectivity index (χ0) is 18.8. The zero-order valence-electron chi connectivity index (χ0n) is 15.1. The number of oxazole rings is 1. The van der Waals surface area contributed by atoms with Crippen LogP contribution in [0.2, 0.25) is 0 Å². The average Bonchev–Trinajstić information content (AvgIpc) is 3.14. The van der Waals surface area contributed by atoms with E-state index in [-0.39, 0.29) is 30.2 Å². The molecule has 1 aliphatic rings. The number of hydrogen-bond donors (Lipinski definition) is 2. The van der Waals surface area contributed by atoms with Gasteiger partial charge in [-0.15, -0.1) is 0 Å². The van der Waals surface area contributed by atoms with Crippen LogP contribution < -0.4 is 5.32 Å². The summed E-state index contributed by atoms with van der Waals surface area (Å²) in [7, 11) is 1.80. The van der Waals surface area contributed by atoms with Crippen molar-refractivity contribution in [3.63, 3.8) is 0 Å². The molecule has 9 nitrogen and oxygen atoms in total. The summed E-state index contributed by atoms with van der Waals surface area (Å²) in [5.41, 5.74) is 0.982. The number of carbonyl (C=O) groups is 2. The highest BCUT2D eigenvalue weighted by molar-refractivity contribution is 5.94. The molecule has 140 valence electrons. The SMILES string of the molecule is CCN(CC(=O)O)C1CC(NC(=O)c2nc(-c3cnn(C)c3)oc2C)C1. The number of likely N-dealkylation sites (N-methyl/N-ethyl adjacent to an activating group) is 1. The zero-order valence-corrected chi connectivity index (χ0v) is 15.1. The molecule has 0 bridgehead atoms. The van der Waals surface area contributed by atoms with Crippen LogP contribution in [0.15, 0.2) is 16.8 Å². The molecular weight excluding hydrogens is 338 g/mol. The highest BCUT2D eigenvalue weighted by Crippen LogP contribution is 2.26. The summed E-state index contributed by atoms with van der Waals surface area (Å²) >= 11 is 0. The molecule has 2 aromatic rings. The summed E-state index contributed by atoms with van der Waals surface area (Å²) in [5, 5.41) is 16.0. The van der Waals surface area contributed by atoms with Crippen molar-refractivity contribution >= 4 is 11.9 Å². The Morgan fingerprint density at radius 1 is 1.46 bits per heavy atom. The van der Waals surface area contributed by atoms with E-state index in [2.05, 4.69) is 15.4 Å². The van der Waals surface area contributed by atoms with Crippen molar-refractivity contribution < 1.29 is 19.1 Å². The van der Waals surface area contributed by atoms with Gasteiger partial charge in [-0.1, -0.05) is 6.92 Å². The average molecular weight is 361 g/mol. The highest BCUT2D eigenvalue weighted by atomic mass is 16.4. The van der Waals surface area contributed by atoms with Crippen molar-refractivity contribution in [2.24, 2.45) is 7.05 Å². The van der Waals surface area contributed by atoms with Crippen molar-refractivity contribution in [2.75, 3.05) is 13.1 Å². The van der Waals surface area contributed by atoms with Gasteiger partial charge in [0.15, 0.2) is 5.69 Å². The molecule has 1 saturated carbocycles. The number of carboxylic acid groups (broad SMARTS) is 1. The molecule has 0 aliphatic heterocycles. The largest absolute Gasteiger partial charge is 0.480 e. The molecule has 0 aromatic carbocycles. The maximum Gasteiger partial charge on any atom is 0.317 e. The number of carboxylic acids is 1. The lowest BCUT2D eigenvalue weighted by molar-refractivity contribution is -0.139. The number of aryl methyl sites for hydroxylation is 2. The molecule has 1 amide bonds. The Morgan fingerprint density at radius 3 is 2.77 bits per heavy atom. The first-order valence-corrected chi connectivity index (χ1v) is 8.60. The number of aromatic nitrogens is 3. The fourth-order valence-electron chi connectivity index (χ4n) is 3.19. The van der Waals surface area contributed by atoms with Crippen molar-refractivity contribution in [3.05, 3.63) is 23.8 Å². The third kappa shape index (κ3) is 3.77. The Kier molecular flexibility index (Phi) is 5.08. The minimum absolute atomic E-state index is 0.0216. The van der Waals surface area contributed by atoms with Crippen LogP contribution in [0.4, 0.5) is 0 Å². The molecule has 26 heavy (non-hydrogen) atoms. The summed E-state index contributed by atoms with van der Waals surface area (Å²) in [6, 6.07) is 0.207. The third-order valence-electron chi connectivity index (χ3n) is 4.67. The van der Waals surface area contributed by atoms with Crippen LogP contribution in [-0.4, -0.2) is 61.8 Å². The summed E-state index contributed by atoms with van der Waals surface area (Å²) in [6.45, 7) is 4.35. The lowest BCUT2D eigenvalue weighted by Gasteiger charge is -2.42. The van der Waals surface area contributed by atoms with Crippen LogP contribution in [0.5, 0.6) is 0 Å². The standard InChI is InChI=1S/C17H23N5O4/c1-4-22(9-14(23)24)13-5-12(6-13)19-16(25)15-10(2)26-17(20-15)11-7-18-21(3)8-11/h7-8,12-13H,4-6,9H2,1-3H3,(H,19,25)(H,23,24). The maximum absolute atomic E-state index is 12.5. The van der Waals surface area contributed by atoms with Crippen LogP contribution in [0.25, 0.3) is 11.5 Å². The lowest BCUT2D eigenvalue weighted by atomic mass is 9.85. The Labute approximate surface area is 151 Å². The van der Waals surface area contributed by atoms with E-state index in [9.17, 15) is 9.59 Å². The summed E-state index contributed by atoms with van der Waals surface area (Å²) < 4.78 is 7.23. The molecular formula is C17H23N5O4. The third-order valence-corrected chi connectivity index (χ3v) is 4.67. The van der Waals surface area contributed by atoms with Crippen LogP contribution in [0.1, 0.15) is 36.0 Å². The molecule has 2 aromatic heterocycles. The molecule has 0 saturated heterocycles. The second kappa shape index (κ2) is 7.28. The van der Waals surface area contributed by atoms with E-state index < -0.39 is 5.97 Å². The Hall–Kier alpha value is -2.68. The smallest absolute Gasteiger partial charge is 0.317 e. The molecule has 1 fully saturated rings. The normalized spacial score (nSPS) is 19.4. The molecule has 1 aliphatic carbocycles. The van der Waals surface area contributed by atoms with Gasteiger partial charge < -0.3 is 14.8 Å². The number of hydrogen-bond acceptors (Lipinski definition) is 6. The quantitative estimate of drug-likeness (QED) is 0.758. The number of aliphatic carboxylic acids is 1. The van der Waals surface area contributed by atoms with Crippen LogP contribution in [-0.2, 0) is 11.8 Å². The Bertz CT molecular complexity index is 806. The summed E-state index contributed by atoms with van der Waals surface area (Å²) in [5.74, 6) is -0.282. The minimum Gasteiger partial charge on any atom is -0.480 e. The van der Waals surface area contributed by atoms with Gasteiger partial charge in [0.2, 0.25) is 5.89 Å². The van der Waals surface area contributed by atoms with E-state index >= 15 is 0 Å². The van der Waals surface area contributed by atoms with Gasteiger partial charge in [0.1, 0.15) is 5.76 Å². The molecule has 3 rings (SSSR count). The van der Waals surface area contributed by atoms with Crippen LogP contribution in [0.3, 0.4) is 0 Å². The molecule has 0 spiro atoms. The Morgan fingerprint density at radius 2 is 2.19 bits per heavy atom. The summed E-state index contributed by atoms with van der Waals surface area (Å²) in [4.78, 5) is 29.6. The highest BCUT2D eigenvalue weighted by Gasteiger charge is 2.35. The van der Waals surface area contributed by atoms with E-state index in [1.807, 2.05) is 11.8 Å². The van der Waals surface area contributed by atoms with Crippen molar-refractivity contribution in [3.8, 4) is 11.5 Å². The number of nitrogens with one attached hydrogen (secondary N) is 1. The topological polar surface area (TPSA) is 113 Å². The van der Waals surface area contributed by atoms with Crippen LogP contribution >= 0.6 is 0 Å². The molecule has 0 unspecified atom stereocenters. The van der Waals surface area contributed by atoms with Crippen molar-refractivity contribution in [1.29, 1.82) is 0 Å². The van der Waals surface area contributed by atoms with Gasteiger partial charge in [-0.2, -0.15) is 5.10 Å². The van der Waals surface area contributed by atoms with Gasteiger partial charge in [0.25, 0.3) is 5.91 Å². The van der Waals surface area contributed by atoms with Gasteiger partial charge in [0, 0.05) is 25.3 Å².